The van der Waals surface area contributed by atoms with E-state index in [9.17, 15) is 4.79 Å². The Labute approximate surface area is 113 Å². The number of hydrogen-bond acceptors (Lipinski definition) is 3. The van der Waals surface area contributed by atoms with Crippen LogP contribution in [0.5, 0.6) is 0 Å². The molecule has 1 rings (SSSR count). The predicted molar refractivity (Wildman–Crippen MR) is 75.3 cm³/mol. The molecule has 1 aromatic rings. The highest BCUT2D eigenvalue weighted by molar-refractivity contribution is 6.12. The van der Waals surface area contributed by atoms with Gasteiger partial charge in [0.25, 0.3) is 0 Å². The minimum absolute atomic E-state index is 0.246. The Morgan fingerprint density at radius 2 is 2.16 bits per heavy atom. The van der Waals surface area contributed by atoms with Crippen molar-refractivity contribution in [2.75, 3.05) is 11.4 Å². The van der Waals surface area contributed by atoms with Crippen LogP contribution < -0.4 is 16.0 Å². The van der Waals surface area contributed by atoms with E-state index >= 15 is 0 Å². The van der Waals surface area contributed by atoms with Crippen LogP contribution in [0.15, 0.2) is 22.8 Å². The Bertz CT molecular complexity index is 389. The van der Waals surface area contributed by atoms with Crippen LogP contribution in [0.4, 0.5) is 10.7 Å². The van der Waals surface area contributed by atoms with Gasteiger partial charge in [0.05, 0.1) is 6.26 Å². The molecule has 0 radical (unpaired) electrons. The van der Waals surface area contributed by atoms with Gasteiger partial charge in [0.1, 0.15) is 0 Å². The summed E-state index contributed by atoms with van der Waals surface area (Å²) in [7, 11) is 0. The lowest BCUT2D eigenvalue weighted by Crippen LogP contribution is -2.47. The van der Waals surface area contributed by atoms with E-state index in [4.69, 9.17) is 15.6 Å². The molecule has 0 aliphatic carbocycles. The standard InChI is InChI=1S/C13H22N4O2/c1-2-3-4-5-6-9-16-13(18)17(12(14)15)11-8-7-10-19-11/h7-8,10H,2-6,9H2,1H3,(H3,14,15)(H,16,18). The molecule has 0 bridgehead atoms. The lowest BCUT2D eigenvalue weighted by Gasteiger charge is -2.18. The fourth-order valence-electron chi connectivity index (χ4n) is 1.73. The van der Waals surface area contributed by atoms with Gasteiger partial charge in [-0.15, -0.1) is 0 Å². The second-order valence-electron chi connectivity index (χ2n) is 4.32. The molecule has 0 saturated carbocycles. The summed E-state index contributed by atoms with van der Waals surface area (Å²) >= 11 is 0. The third-order valence-corrected chi connectivity index (χ3v) is 2.73. The largest absolute Gasteiger partial charge is 0.448 e. The summed E-state index contributed by atoms with van der Waals surface area (Å²) in [5, 5.41) is 10.1. The van der Waals surface area contributed by atoms with Crippen molar-refractivity contribution in [2.45, 2.75) is 39.0 Å². The van der Waals surface area contributed by atoms with Crippen LogP contribution in [0.1, 0.15) is 39.0 Å². The van der Waals surface area contributed by atoms with Crippen LogP contribution in [-0.4, -0.2) is 18.5 Å². The number of urea groups is 1. The van der Waals surface area contributed by atoms with E-state index in [2.05, 4.69) is 12.2 Å². The van der Waals surface area contributed by atoms with Crippen LogP contribution >= 0.6 is 0 Å². The Kier molecular flexibility index (Phi) is 6.49. The van der Waals surface area contributed by atoms with E-state index in [1.807, 2.05) is 0 Å². The van der Waals surface area contributed by atoms with Crippen LogP contribution in [0.3, 0.4) is 0 Å². The number of rotatable bonds is 7. The first-order valence-corrected chi connectivity index (χ1v) is 6.62. The van der Waals surface area contributed by atoms with E-state index in [1.54, 1.807) is 12.1 Å². The summed E-state index contributed by atoms with van der Waals surface area (Å²) in [6.07, 6.45) is 7.05. The summed E-state index contributed by atoms with van der Waals surface area (Å²) in [6, 6.07) is 2.80. The quantitative estimate of drug-likeness (QED) is 0.402. The van der Waals surface area contributed by atoms with Gasteiger partial charge < -0.3 is 15.5 Å². The number of hydrogen-bond donors (Lipinski definition) is 3. The van der Waals surface area contributed by atoms with Crippen molar-refractivity contribution >= 4 is 17.9 Å². The second kappa shape index (κ2) is 8.18. The number of nitrogens with one attached hydrogen (secondary N) is 2. The molecular weight excluding hydrogens is 244 g/mol. The molecule has 0 atom stereocenters. The molecule has 0 fully saturated rings. The molecule has 4 N–H and O–H groups in total. The van der Waals surface area contributed by atoms with Gasteiger partial charge in [-0.2, -0.15) is 0 Å². The van der Waals surface area contributed by atoms with Crippen LogP contribution in [0.25, 0.3) is 0 Å². The average Bonchev–Trinajstić information content (AvgIpc) is 2.87. The van der Waals surface area contributed by atoms with Gasteiger partial charge in [-0.1, -0.05) is 32.6 Å². The van der Waals surface area contributed by atoms with Crippen molar-refractivity contribution < 1.29 is 9.21 Å². The van der Waals surface area contributed by atoms with E-state index < -0.39 is 6.03 Å². The van der Waals surface area contributed by atoms with Crippen LogP contribution in [-0.2, 0) is 0 Å². The number of carbonyl (C=O) groups is 1. The van der Waals surface area contributed by atoms with Gasteiger partial charge in [-0.25, -0.2) is 9.69 Å². The maximum absolute atomic E-state index is 11.9. The van der Waals surface area contributed by atoms with E-state index in [0.717, 1.165) is 17.7 Å². The number of unbranched alkanes of at least 4 members (excludes halogenated alkanes) is 4. The molecule has 2 amide bonds. The van der Waals surface area contributed by atoms with E-state index in [1.165, 1.54) is 25.5 Å². The molecule has 0 saturated heterocycles. The zero-order valence-electron chi connectivity index (χ0n) is 11.3. The monoisotopic (exact) mass is 266 g/mol. The van der Waals surface area contributed by atoms with E-state index in [0.29, 0.717) is 6.54 Å². The fraction of sp³-hybridized carbons (Fsp3) is 0.538. The summed E-state index contributed by atoms with van der Waals surface area (Å²) < 4.78 is 5.08. The fourth-order valence-corrected chi connectivity index (χ4v) is 1.73. The van der Waals surface area contributed by atoms with E-state index in [-0.39, 0.29) is 11.8 Å². The number of amides is 2. The number of guanidine groups is 1. The lowest BCUT2D eigenvalue weighted by molar-refractivity contribution is 0.248. The molecular formula is C13H22N4O2. The number of nitrogens with zero attached hydrogens (tertiary/aromatic N) is 1. The Hall–Kier alpha value is -1.98. The molecule has 6 heteroatoms. The van der Waals surface area contributed by atoms with Crippen molar-refractivity contribution in [1.29, 1.82) is 5.41 Å². The number of nitrogens with two attached hydrogens (primary N) is 1. The molecule has 0 unspecified atom stereocenters. The topological polar surface area (TPSA) is 95.4 Å². The number of carbonyl (C=O) groups excluding carboxylic acids is 1. The molecule has 6 nitrogen and oxygen atoms in total. The first-order valence-electron chi connectivity index (χ1n) is 6.62. The van der Waals surface area contributed by atoms with Crippen molar-refractivity contribution in [3.8, 4) is 0 Å². The van der Waals surface area contributed by atoms with Crippen LogP contribution in [0, 0.1) is 5.41 Å². The predicted octanol–water partition coefficient (Wildman–Crippen LogP) is 2.66. The van der Waals surface area contributed by atoms with Gasteiger partial charge in [0, 0.05) is 12.6 Å². The molecule has 0 aliphatic heterocycles. The van der Waals surface area contributed by atoms with Crippen molar-refractivity contribution in [2.24, 2.45) is 5.73 Å². The Morgan fingerprint density at radius 3 is 2.74 bits per heavy atom. The molecule has 19 heavy (non-hydrogen) atoms. The molecule has 0 aromatic carbocycles. The van der Waals surface area contributed by atoms with Gasteiger partial charge in [0.15, 0.2) is 0 Å². The van der Waals surface area contributed by atoms with Gasteiger partial charge >= 0.3 is 6.03 Å². The minimum atomic E-state index is -0.432. The van der Waals surface area contributed by atoms with Crippen molar-refractivity contribution in [1.82, 2.24) is 5.32 Å². The lowest BCUT2D eigenvalue weighted by atomic mass is 10.1. The average molecular weight is 266 g/mol. The third kappa shape index (κ3) is 5.03. The Morgan fingerprint density at radius 1 is 1.42 bits per heavy atom. The maximum atomic E-state index is 11.9. The smallest absolute Gasteiger partial charge is 0.331 e. The zero-order chi connectivity index (χ0) is 14.1. The van der Waals surface area contributed by atoms with Crippen molar-refractivity contribution in [3.63, 3.8) is 0 Å². The summed E-state index contributed by atoms with van der Waals surface area (Å²) in [6.45, 7) is 2.74. The van der Waals surface area contributed by atoms with Crippen molar-refractivity contribution in [3.05, 3.63) is 18.4 Å². The molecule has 1 heterocycles. The summed E-state index contributed by atoms with van der Waals surface area (Å²) in [4.78, 5) is 12.9. The number of anilines is 1. The van der Waals surface area contributed by atoms with Gasteiger partial charge in [0.2, 0.25) is 11.8 Å². The Balaban J connectivity index is 2.36. The van der Waals surface area contributed by atoms with Crippen LogP contribution in [0.2, 0.25) is 0 Å². The maximum Gasteiger partial charge on any atom is 0.331 e. The summed E-state index contributed by atoms with van der Waals surface area (Å²) in [5.41, 5.74) is 5.39. The third-order valence-electron chi connectivity index (χ3n) is 2.73. The molecule has 1 aromatic heterocycles. The van der Waals surface area contributed by atoms with Gasteiger partial charge in [-0.3, -0.25) is 5.41 Å². The minimum Gasteiger partial charge on any atom is -0.448 e. The second-order valence-corrected chi connectivity index (χ2v) is 4.32. The zero-order valence-corrected chi connectivity index (χ0v) is 11.3. The highest BCUT2D eigenvalue weighted by Crippen LogP contribution is 2.13. The molecule has 106 valence electrons. The highest BCUT2D eigenvalue weighted by atomic mass is 16.3. The summed E-state index contributed by atoms with van der Waals surface area (Å²) in [5.74, 6) is -0.116. The number of furan rings is 1. The molecule has 0 spiro atoms. The van der Waals surface area contributed by atoms with Gasteiger partial charge in [-0.05, 0) is 12.5 Å². The SMILES string of the molecule is CCCCCCCNC(=O)N(C(=N)N)c1ccco1. The first kappa shape index (κ1) is 15.1. The normalized spacial score (nSPS) is 10.2. The highest BCUT2D eigenvalue weighted by Gasteiger charge is 2.20. The molecule has 0 aliphatic rings. The first-order chi connectivity index (χ1) is 9.16.